The van der Waals surface area contributed by atoms with Crippen molar-refractivity contribution in [1.29, 1.82) is 0 Å². The van der Waals surface area contributed by atoms with Crippen molar-refractivity contribution in [2.75, 3.05) is 6.61 Å². The zero-order valence-corrected chi connectivity index (χ0v) is 9.11. The van der Waals surface area contributed by atoms with E-state index in [4.69, 9.17) is 9.26 Å². The van der Waals surface area contributed by atoms with Crippen molar-refractivity contribution in [3.8, 4) is 0 Å². The van der Waals surface area contributed by atoms with E-state index in [1.165, 1.54) is 12.8 Å². The molecule has 2 unspecified atom stereocenters. The molecular weight excluding hydrogens is 192 g/mol. The molecule has 0 aromatic carbocycles. The van der Waals surface area contributed by atoms with E-state index in [1.54, 1.807) is 6.26 Å². The number of nitrogens with one attached hydrogen (secondary N) is 1. The predicted molar refractivity (Wildman–Crippen MR) is 56.4 cm³/mol. The van der Waals surface area contributed by atoms with Crippen LogP contribution in [0, 0.1) is 0 Å². The lowest BCUT2D eigenvalue weighted by molar-refractivity contribution is 0.0961. The summed E-state index contributed by atoms with van der Waals surface area (Å²) in [5.74, 6) is 0. The van der Waals surface area contributed by atoms with Crippen molar-refractivity contribution in [3.63, 3.8) is 0 Å². The molecule has 2 atom stereocenters. The Balaban J connectivity index is 1.66. The fourth-order valence-electron chi connectivity index (χ4n) is 1.92. The number of rotatable bonds is 5. The molecule has 1 aromatic rings. The quantitative estimate of drug-likeness (QED) is 0.804. The van der Waals surface area contributed by atoms with Crippen molar-refractivity contribution in [2.45, 2.75) is 44.9 Å². The van der Waals surface area contributed by atoms with Gasteiger partial charge in [0.15, 0.2) is 0 Å². The van der Waals surface area contributed by atoms with Crippen LogP contribution in [0.3, 0.4) is 0 Å². The van der Waals surface area contributed by atoms with Crippen molar-refractivity contribution in [3.05, 3.63) is 18.0 Å². The van der Waals surface area contributed by atoms with Crippen LogP contribution in [0.15, 0.2) is 16.9 Å². The zero-order chi connectivity index (χ0) is 10.5. The molecule has 0 radical (unpaired) electrons. The van der Waals surface area contributed by atoms with Crippen molar-refractivity contribution in [2.24, 2.45) is 0 Å². The van der Waals surface area contributed by atoms with E-state index in [0.29, 0.717) is 12.1 Å². The van der Waals surface area contributed by atoms with Gasteiger partial charge in [0.05, 0.1) is 11.8 Å². The van der Waals surface area contributed by atoms with Crippen LogP contribution in [-0.4, -0.2) is 23.9 Å². The first-order chi connectivity index (χ1) is 7.34. The van der Waals surface area contributed by atoms with Crippen LogP contribution < -0.4 is 5.32 Å². The summed E-state index contributed by atoms with van der Waals surface area (Å²) in [6.45, 7) is 3.88. The van der Waals surface area contributed by atoms with Gasteiger partial charge in [-0.1, -0.05) is 5.16 Å². The Labute approximate surface area is 90.0 Å². The minimum absolute atomic E-state index is 0.449. The van der Waals surface area contributed by atoms with Gasteiger partial charge in [-0.05, 0) is 26.2 Å². The Morgan fingerprint density at radius 1 is 1.67 bits per heavy atom. The highest BCUT2D eigenvalue weighted by Crippen LogP contribution is 2.16. The molecule has 1 saturated heterocycles. The van der Waals surface area contributed by atoms with Gasteiger partial charge < -0.3 is 14.6 Å². The molecule has 2 heterocycles. The molecule has 1 aliphatic rings. The topological polar surface area (TPSA) is 47.3 Å². The van der Waals surface area contributed by atoms with Crippen molar-refractivity contribution >= 4 is 0 Å². The van der Waals surface area contributed by atoms with Gasteiger partial charge in [-0.3, -0.25) is 0 Å². The second-order valence-corrected chi connectivity index (χ2v) is 4.14. The molecule has 0 aliphatic carbocycles. The summed E-state index contributed by atoms with van der Waals surface area (Å²) in [6, 6.07) is 2.34. The summed E-state index contributed by atoms with van der Waals surface area (Å²) < 4.78 is 10.4. The Bertz CT molecular complexity index is 268. The third kappa shape index (κ3) is 3.32. The first-order valence-corrected chi connectivity index (χ1v) is 5.59. The van der Waals surface area contributed by atoms with E-state index < -0.39 is 0 Å². The van der Waals surface area contributed by atoms with Crippen LogP contribution in [0.5, 0.6) is 0 Å². The first-order valence-electron chi connectivity index (χ1n) is 5.59. The first kappa shape index (κ1) is 10.6. The normalized spacial score (nSPS) is 23.1. The summed E-state index contributed by atoms with van der Waals surface area (Å²) >= 11 is 0. The molecule has 4 nitrogen and oxygen atoms in total. The lowest BCUT2D eigenvalue weighted by Gasteiger charge is -2.16. The zero-order valence-electron chi connectivity index (χ0n) is 9.11. The molecule has 0 amide bonds. The lowest BCUT2D eigenvalue weighted by Crippen LogP contribution is -2.29. The average Bonchev–Trinajstić information content (AvgIpc) is 2.86. The molecule has 1 aliphatic heterocycles. The third-order valence-corrected chi connectivity index (χ3v) is 2.76. The summed E-state index contributed by atoms with van der Waals surface area (Å²) in [5.41, 5.74) is 0.953. The number of nitrogens with zero attached hydrogens (tertiary/aromatic N) is 1. The molecule has 0 saturated carbocycles. The SMILES string of the molecule is CC(CC1CCCO1)NCc1ccon1. The van der Waals surface area contributed by atoms with Crippen LogP contribution in [-0.2, 0) is 11.3 Å². The maximum Gasteiger partial charge on any atom is 0.124 e. The summed E-state index contributed by atoms with van der Waals surface area (Å²) in [5, 5.41) is 7.26. The molecule has 1 aromatic heterocycles. The largest absolute Gasteiger partial charge is 0.378 e. The smallest absolute Gasteiger partial charge is 0.124 e. The number of hydrogen-bond acceptors (Lipinski definition) is 4. The van der Waals surface area contributed by atoms with E-state index in [0.717, 1.165) is 25.3 Å². The molecule has 15 heavy (non-hydrogen) atoms. The van der Waals surface area contributed by atoms with E-state index in [1.807, 2.05) is 6.07 Å². The Morgan fingerprint density at radius 2 is 2.60 bits per heavy atom. The van der Waals surface area contributed by atoms with Gasteiger partial charge in [0.2, 0.25) is 0 Å². The maximum absolute atomic E-state index is 5.59. The van der Waals surface area contributed by atoms with Crippen LogP contribution in [0.2, 0.25) is 0 Å². The second-order valence-electron chi connectivity index (χ2n) is 4.14. The predicted octanol–water partition coefficient (Wildman–Crippen LogP) is 1.72. The Morgan fingerprint density at radius 3 is 3.27 bits per heavy atom. The molecule has 84 valence electrons. The second kappa shape index (κ2) is 5.28. The average molecular weight is 210 g/mol. The van der Waals surface area contributed by atoms with Crippen LogP contribution in [0.1, 0.15) is 31.9 Å². The Kier molecular flexibility index (Phi) is 3.75. The maximum atomic E-state index is 5.59. The molecular formula is C11H18N2O2. The van der Waals surface area contributed by atoms with Gasteiger partial charge >= 0.3 is 0 Å². The third-order valence-electron chi connectivity index (χ3n) is 2.76. The van der Waals surface area contributed by atoms with E-state index >= 15 is 0 Å². The van der Waals surface area contributed by atoms with Gasteiger partial charge in [0, 0.05) is 25.3 Å². The fraction of sp³-hybridized carbons (Fsp3) is 0.727. The standard InChI is InChI=1S/C11H18N2O2/c1-9(7-11-3-2-5-14-11)12-8-10-4-6-15-13-10/h4,6,9,11-12H,2-3,5,7-8H2,1H3. The molecule has 0 spiro atoms. The monoisotopic (exact) mass is 210 g/mol. The number of ether oxygens (including phenoxy) is 1. The van der Waals surface area contributed by atoms with Crippen molar-refractivity contribution in [1.82, 2.24) is 10.5 Å². The molecule has 2 rings (SSSR count). The molecule has 1 N–H and O–H groups in total. The highest BCUT2D eigenvalue weighted by atomic mass is 16.5. The lowest BCUT2D eigenvalue weighted by atomic mass is 10.1. The van der Waals surface area contributed by atoms with E-state index in [9.17, 15) is 0 Å². The Hall–Kier alpha value is -0.870. The minimum Gasteiger partial charge on any atom is -0.378 e. The van der Waals surface area contributed by atoms with Crippen LogP contribution >= 0.6 is 0 Å². The van der Waals surface area contributed by atoms with E-state index in [-0.39, 0.29) is 0 Å². The molecule has 1 fully saturated rings. The van der Waals surface area contributed by atoms with Gasteiger partial charge in [0.1, 0.15) is 6.26 Å². The summed E-state index contributed by atoms with van der Waals surface area (Å²) in [6.07, 6.45) is 5.54. The molecule has 0 bridgehead atoms. The van der Waals surface area contributed by atoms with Gasteiger partial charge in [-0.2, -0.15) is 0 Å². The summed E-state index contributed by atoms with van der Waals surface area (Å²) in [7, 11) is 0. The van der Waals surface area contributed by atoms with Gasteiger partial charge in [-0.15, -0.1) is 0 Å². The van der Waals surface area contributed by atoms with Crippen molar-refractivity contribution < 1.29 is 9.26 Å². The van der Waals surface area contributed by atoms with Gasteiger partial charge in [0.25, 0.3) is 0 Å². The summed E-state index contributed by atoms with van der Waals surface area (Å²) in [4.78, 5) is 0. The highest BCUT2D eigenvalue weighted by Gasteiger charge is 2.18. The van der Waals surface area contributed by atoms with Crippen LogP contribution in [0.25, 0.3) is 0 Å². The highest BCUT2D eigenvalue weighted by molar-refractivity contribution is 4.94. The number of aromatic nitrogens is 1. The minimum atomic E-state index is 0.449. The molecule has 4 heteroatoms. The number of hydrogen-bond donors (Lipinski definition) is 1. The van der Waals surface area contributed by atoms with Crippen LogP contribution in [0.4, 0.5) is 0 Å². The van der Waals surface area contributed by atoms with Gasteiger partial charge in [-0.25, -0.2) is 0 Å². The van der Waals surface area contributed by atoms with E-state index in [2.05, 4.69) is 17.4 Å². The fourth-order valence-corrected chi connectivity index (χ4v) is 1.92.